The molecule has 1 atom stereocenters. The van der Waals surface area contributed by atoms with Crippen molar-refractivity contribution < 1.29 is 9.59 Å². The molecule has 32 heavy (non-hydrogen) atoms. The van der Waals surface area contributed by atoms with Crippen molar-refractivity contribution in [3.8, 4) is 0 Å². The van der Waals surface area contributed by atoms with Crippen molar-refractivity contribution in [1.29, 1.82) is 0 Å². The van der Waals surface area contributed by atoms with Gasteiger partial charge in [-0.2, -0.15) is 0 Å². The highest BCUT2D eigenvalue weighted by atomic mass is 16.2. The summed E-state index contributed by atoms with van der Waals surface area (Å²) in [5, 5.41) is 9.34. The van der Waals surface area contributed by atoms with Gasteiger partial charge in [0, 0.05) is 26.2 Å². The molecule has 0 radical (unpaired) electrons. The number of imide groups is 1. The lowest BCUT2D eigenvalue weighted by Gasteiger charge is -2.19. The van der Waals surface area contributed by atoms with Crippen LogP contribution in [0.5, 0.6) is 0 Å². The van der Waals surface area contributed by atoms with E-state index in [4.69, 9.17) is 0 Å². The molecular weight excluding hydrogens is 404 g/mol. The van der Waals surface area contributed by atoms with Crippen molar-refractivity contribution in [2.45, 2.75) is 65.1 Å². The molecule has 2 heterocycles. The fraction of sp³-hybridized carbons (Fsp3) is 0.625. The summed E-state index contributed by atoms with van der Waals surface area (Å²) in [6.45, 7) is 11.5. The molecule has 0 aromatic heterocycles. The number of amides is 3. The predicted octanol–water partition coefficient (Wildman–Crippen LogP) is 2.45. The predicted molar refractivity (Wildman–Crippen MR) is 127 cm³/mol. The fourth-order valence-electron chi connectivity index (χ4n) is 4.09. The second-order valence-electron chi connectivity index (χ2n) is 8.85. The lowest BCUT2D eigenvalue weighted by Crippen LogP contribution is -2.43. The van der Waals surface area contributed by atoms with Crippen LogP contribution in [-0.2, 0) is 17.9 Å². The number of rotatable bonds is 10. The third-order valence-corrected chi connectivity index (χ3v) is 6.30. The molecule has 8 nitrogen and oxygen atoms in total. The van der Waals surface area contributed by atoms with Crippen molar-refractivity contribution in [1.82, 2.24) is 25.8 Å². The van der Waals surface area contributed by atoms with E-state index in [0.717, 1.165) is 19.0 Å². The van der Waals surface area contributed by atoms with Crippen LogP contribution < -0.4 is 16.0 Å². The maximum atomic E-state index is 12.5. The summed E-state index contributed by atoms with van der Waals surface area (Å²) in [6.07, 6.45) is 3.87. The molecule has 0 aliphatic carbocycles. The van der Waals surface area contributed by atoms with Gasteiger partial charge in [0.2, 0.25) is 0 Å². The number of carbonyl (C=O) groups is 2. The number of hydrogen-bond donors (Lipinski definition) is 3. The Balaban J connectivity index is 1.44. The Hall–Kier alpha value is -2.61. The van der Waals surface area contributed by atoms with Gasteiger partial charge in [0.25, 0.3) is 5.91 Å². The second kappa shape index (κ2) is 11.3. The summed E-state index contributed by atoms with van der Waals surface area (Å²) in [7, 11) is 0. The number of aliphatic imine (C=N–C) groups is 1. The number of urea groups is 1. The molecule has 2 aliphatic rings. The van der Waals surface area contributed by atoms with E-state index in [1.165, 1.54) is 42.0 Å². The number of nitrogens with zero attached hydrogens (tertiary/aromatic N) is 3. The molecule has 8 heteroatoms. The Bertz CT molecular complexity index is 803. The molecule has 0 bridgehead atoms. The number of likely N-dealkylation sites (tertiary alicyclic amines) is 1. The Morgan fingerprint density at radius 3 is 2.41 bits per heavy atom. The summed E-state index contributed by atoms with van der Waals surface area (Å²) in [5.74, 6) is 0.600. The quantitative estimate of drug-likeness (QED) is 0.224. The molecule has 176 valence electrons. The van der Waals surface area contributed by atoms with Crippen molar-refractivity contribution in [2.75, 3.05) is 32.7 Å². The summed E-state index contributed by atoms with van der Waals surface area (Å²) >= 11 is 0. The van der Waals surface area contributed by atoms with Gasteiger partial charge in [-0.25, -0.2) is 9.79 Å². The monoisotopic (exact) mass is 442 g/mol. The van der Waals surface area contributed by atoms with Gasteiger partial charge in [0.1, 0.15) is 5.54 Å². The van der Waals surface area contributed by atoms with Crippen molar-refractivity contribution in [3.63, 3.8) is 0 Å². The van der Waals surface area contributed by atoms with Crippen LogP contribution in [0.15, 0.2) is 29.3 Å². The van der Waals surface area contributed by atoms with E-state index in [1.54, 1.807) is 6.92 Å². The van der Waals surface area contributed by atoms with E-state index in [-0.39, 0.29) is 11.9 Å². The number of hydrogen-bond acceptors (Lipinski definition) is 4. The largest absolute Gasteiger partial charge is 0.357 e. The van der Waals surface area contributed by atoms with Crippen LogP contribution in [0.4, 0.5) is 4.79 Å². The van der Waals surface area contributed by atoms with E-state index in [9.17, 15) is 9.59 Å². The highest BCUT2D eigenvalue weighted by molar-refractivity contribution is 6.06. The first kappa shape index (κ1) is 24.0. The molecule has 0 saturated carbocycles. The Kier molecular flexibility index (Phi) is 8.50. The van der Waals surface area contributed by atoms with Gasteiger partial charge in [0.05, 0.1) is 6.54 Å². The van der Waals surface area contributed by atoms with Gasteiger partial charge >= 0.3 is 6.03 Å². The van der Waals surface area contributed by atoms with Gasteiger partial charge in [-0.15, -0.1) is 0 Å². The topological polar surface area (TPSA) is 89.1 Å². The van der Waals surface area contributed by atoms with Crippen LogP contribution in [-0.4, -0.2) is 66.0 Å². The summed E-state index contributed by atoms with van der Waals surface area (Å²) in [4.78, 5) is 33.1. The molecule has 2 fully saturated rings. The number of benzene rings is 1. The first-order valence-corrected chi connectivity index (χ1v) is 11.9. The SMILES string of the molecule is CCNC(=NCc1ccc(CN2CCCC2)cc1)NCCCN1C(=O)NC(C)(CC)C1=O. The minimum absolute atomic E-state index is 0.140. The summed E-state index contributed by atoms with van der Waals surface area (Å²) in [6, 6.07) is 8.41. The average molecular weight is 443 g/mol. The van der Waals surface area contributed by atoms with Crippen LogP contribution in [0.25, 0.3) is 0 Å². The molecule has 1 aromatic carbocycles. The van der Waals surface area contributed by atoms with E-state index in [1.807, 2.05) is 13.8 Å². The molecular formula is C24H38N6O2. The van der Waals surface area contributed by atoms with Gasteiger partial charge in [0.15, 0.2) is 5.96 Å². The fourth-order valence-corrected chi connectivity index (χ4v) is 4.09. The van der Waals surface area contributed by atoms with E-state index < -0.39 is 5.54 Å². The van der Waals surface area contributed by atoms with Crippen LogP contribution in [0, 0.1) is 0 Å². The second-order valence-corrected chi connectivity index (χ2v) is 8.85. The van der Waals surface area contributed by atoms with Crippen LogP contribution in [0.1, 0.15) is 57.6 Å². The van der Waals surface area contributed by atoms with E-state index in [0.29, 0.717) is 32.5 Å². The normalized spacial score (nSPS) is 21.8. The zero-order valence-electron chi connectivity index (χ0n) is 19.7. The van der Waals surface area contributed by atoms with E-state index in [2.05, 4.69) is 50.1 Å². The van der Waals surface area contributed by atoms with Crippen molar-refractivity contribution >= 4 is 17.9 Å². The van der Waals surface area contributed by atoms with E-state index >= 15 is 0 Å². The van der Waals surface area contributed by atoms with Crippen LogP contribution in [0.3, 0.4) is 0 Å². The lowest BCUT2D eigenvalue weighted by atomic mass is 9.99. The average Bonchev–Trinajstić information content (AvgIpc) is 3.37. The molecule has 2 saturated heterocycles. The third kappa shape index (κ3) is 6.22. The Morgan fingerprint density at radius 1 is 1.09 bits per heavy atom. The molecule has 0 spiro atoms. The van der Waals surface area contributed by atoms with Gasteiger partial charge in [-0.3, -0.25) is 14.6 Å². The van der Waals surface area contributed by atoms with Gasteiger partial charge in [-0.1, -0.05) is 31.2 Å². The zero-order valence-corrected chi connectivity index (χ0v) is 19.7. The number of guanidine groups is 1. The van der Waals surface area contributed by atoms with Gasteiger partial charge < -0.3 is 16.0 Å². The molecule has 3 N–H and O–H groups in total. The minimum Gasteiger partial charge on any atom is -0.357 e. The third-order valence-electron chi connectivity index (χ3n) is 6.30. The molecule has 1 aromatic rings. The lowest BCUT2D eigenvalue weighted by molar-refractivity contribution is -0.130. The Labute approximate surface area is 191 Å². The number of nitrogens with one attached hydrogen (secondary N) is 3. The zero-order chi connectivity index (χ0) is 23.0. The highest BCUT2D eigenvalue weighted by Crippen LogP contribution is 2.20. The maximum absolute atomic E-state index is 12.5. The standard InChI is InChI=1S/C24H38N6O2/c1-4-24(3)21(31)30(23(32)28-24)16-8-13-26-22(25-5-2)27-17-19-9-11-20(12-10-19)18-29-14-6-7-15-29/h9-12H,4-8,13-18H2,1-3H3,(H,28,32)(H2,25,26,27). The van der Waals surface area contributed by atoms with Crippen molar-refractivity contribution in [3.05, 3.63) is 35.4 Å². The van der Waals surface area contributed by atoms with Gasteiger partial charge in [-0.05, 0) is 63.7 Å². The molecule has 3 amide bonds. The maximum Gasteiger partial charge on any atom is 0.325 e. The molecule has 3 rings (SSSR count). The Morgan fingerprint density at radius 2 is 1.78 bits per heavy atom. The first-order chi connectivity index (χ1) is 15.4. The minimum atomic E-state index is -0.773. The molecule has 2 aliphatic heterocycles. The summed E-state index contributed by atoms with van der Waals surface area (Å²) < 4.78 is 0. The van der Waals surface area contributed by atoms with Crippen LogP contribution >= 0.6 is 0 Å². The van der Waals surface area contributed by atoms with Crippen molar-refractivity contribution in [2.24, 2.45) is 4.99 Å². The molecule has 1 unspecified atom stereocenters. The van der Waals surface area contributed by atoms with Crippen LogP contribution in [0.2, 0.25) is 0 Å². The smallest absolute Gasteiger partial charge is 0.325 e. The first-order valence-electron chi connectivity index (χ1n) is 11.9. The highest BCUT2D eigenvalue weighted by Gasteiger charge is 2.45. The number of carbonyl (C=O) groups excluding carboxylic acids is 2. The summed E-state index contributed by atoms with van der Waals surface area (Å²) in [5.41, 5.74) is 1.75.